The van der Waals surface area contributed by atoms with Crippen LogP contribution in [-0.2, 0) is 16.0 Å². The minimum absolute atomic E-state index is 0.0793. The molecule has 0 heterocycles. The Morgan fingerprint density at radius 2 is 1.73 bits per heavy atom. The van der Waals surface area contributed by atoms with Crippen LogP contribution in [0.1, 0.15) is 44.1 Å². The van der Waals surface area contributed by atoms with Gasteiger partial charge in [0, 0.05) is 0 Å². The molecule has 0 aliphatic heterocycles. The summed E-state index contributed by atoms with van der Waals surface area (Å²) in [6.45, 7) is 0.527. The van der Waals surface area contributed by atoms with E-state index in [2.05, 4.69) is 0 Å². The van der Waals surface area contributed by atoms with Crippen LogP contribution in [0.2, 0.25) is 0 Å². The average molecular weight is 366 g/mol. The predicted octanol–water partition coefficient (Wildman–Crippen LogP) is 2.02. The van der Waals surface area contributed by atoms with E-state index in [1.807, 2.05) is 12.1 Å². The zero-order valence-corrected chi connectivity index (χ0v) is 15.3. The summed E-state index contributed by atoms with van der Waals surface area (Å²) in [7, 11) is 1.58. The Hall–Kier alpha value is -2.12. The summed E-state index contributed by atoms with van der Waals surface area (Å²) in [4.78, 5) is 21.1. The molecule has 0 saturated heterocycles. The van der Waals surface area contributed by atoms with Gasteiger partial charge in [0.2, 0.25) is 0 Å². The normalized spacial score (nSPS) is 16.7. The van der Waals surface area contributed by atoms with Gasteiger partial charge in [0.05, 0.1) is 13.5 Å². The van der Waals surface area contributed by atoms with Gasteiger partial charge in [-0.15, -0.1) is 0 Å². The highest BCUT2D eigenvalue weighted by Gasteiger charge is 2.32. The molecule has 0 amide bonds. The standard InChI is InChI=1S/C10H13NO3.C9H17NO2/c1-14-8-4-2-7(3-5-8)6-9(11)10(12)13;10-7-9(6-8(11)12)4-2-1-3-5-9/h2-5,9H,6,11H2,1H3,(H,12,13);1-7,10H2,(H,11,12)/t9-;/m0./s1. The van der Waals surface area contributed by atoms with Gasteiger partial charge < -0.3 is 26.4 Å². The largest absolute Gasteiger partial charge is 0.497 e. The van der Waals surface area contributed by atoms with Gasteiger partial charge in [-0.1, -0.05) is 31.4 Å². The number of carboxylic acids is 2. The molecule has 0 spiro atoms. The first-order valence-electron chi connectivity index (χ1n) is 8.85. The Morgan fingerprint density at radius 3 is 2.15 bits per heavy atom. The lowest BCUT2D eigenvalue weighted by Crippen LogP contribution is -2.34. The highest BCUT2D eigenvalue weighted by molar-refractivity contribution is 5.73. The molecule has 26 heavy (non-hydrogen) atoms. The zero-order valence-electron chi connectivity index (χ0n) is 15.3. The van der Waals surface area contributed by atoms with Crippen molar-refractivity contribution in [2.24, 2.45) is 16.9 Å². The molecule has 0 unspecified atom stereocenters. The molecule has 1 fully saturated rings. The van der Waals surface area contributed by atoms with Crippen LogP contribution in [0.25, 0.3) is 0 Å². The lowest BCUT2D eigenvalue weighted by atomic mass is 9.72. The van der Waals surface area contributed by atoms with Gasteiger partial charge in [-0.3, -0.25) is 9.59 Å². The number of carboxylic acid groups (broad SMARTS) is 2. The molecule has 0 radical (unpaired) electrons. The first-order chi connectivity index (χ1) is 12.3. The van der Waals surface area contributed by atoms with Gasteiger partial charge in [-0.05, 0) is 48.9 Å². The second kappa shape index (κ2) is 10.8. The number of nitrogens with two attached hydrogens (primary N) is 2. The number of benzene rings is 1. The molecule has 1 aromatic carbocycles. The maximum absolute atomic E-state index is 10.6. The first kappa shape index (κ1) is 21.9. The predicted molar refractivity (Wildman–Crippen MR) is 99.1 cm³/mol. The van der Waals surface area contributed by atoms with Crippen LogP contribution < -0.4 is 16.2 Å². The molecule has 1 atom stereocenters. The van der Waals surface area contributed by atoms with Gasteiger partial charge >= 0.3 is 11.9 Å². The Bertz CT molecular complexity index is 568. The summed E-state index contributed by atoms with van der Waals surface area (Å²) >= 11 is 0. The third-order valence-electron chi connectivity index (χ3n) is 4.81. The minimum Gasteiger partial charge on any atom is -0.497 e. The van der Waals surface area contributed by atoms with Crippen LogP contribution in [-0.4, -0.2) is 41.8 Å². The van der Waals surface area contributed by atoms with Crippen molar-refractivity contribution in [3.63, 3.8) is 0 Å². The molecule has 6 N–H and O–H groups in total. The molecule has 146 valence electrons. The van der Waals surface area contributed by atoms with Crippen molar-refractivity contribution in [1.82, 2.24) is 0 Å². The second-order valence-electron chi connectivity index (χ2n) is 6.83. The Morgan fingerprint density at radius 1 is 1.15 bits per heavy atom. The second-order valence-corrected chi connectivity index (χ2v) is 6.83. The van der Waals surface area contributed by atoms with Gasteiger partial charge in [0.25, 0.3) is 0 Å². The fraction of sp³-hybridized carbons (Fsp3) is 0.579. The summed E-state index contributed by atoms with van der Waals surface area (Å²) in [6.07, 6.45) is 6.10. The van der Waals surface area contributed by atoms with Crippen molar-refractivity contribution in [3.05, 3.63) is 29.8 Å². The molecular weight excluding hydrogens is 336 g/mol. The van der Waals surface area contributed by atoms with E-state index < -0.39 is 18.0 Å². The molecule has 1 aliphatic carbocycles. The van der Waals surface area contributed by atoms with Crippen LogP contribution >= 0.6 is 0 Å². The molecule has 2 rings (SSSR count). The van der Waals surface area contributed by atoms with Crippen molar-refractivity contribution in [1.29, 1.82) is 0 Å². The number of methoxy groups -OCH3 is 1. The van der Waals surface area contributed by atoms with Crippen LogP contribution in [0, 0.1) is 5.41 Å². The fourth-order valence-electron chi connectivity index (χ4n) is 3.18. The maximum atomic E-state index is 10.6. The van der Waals surface area contributed by atoms with Gasteiger partial charge in [0.15, 0.2) is 0 Å². The zero-order chi connectivity index (χ0) is 19.6. The Labute approximate surface area is 154 Å². The van der Waals surface area contributed by atoms with Gasteiger partial charge in [-0.2, -0.15) is 0 Å². The molecule has 1 saturated carbocycles. The lowest BCUT2D eigenvalue weighted by Gasteiger charge is -2.34. The summed E-state index contributed by atoms with van der Waals surface area (Å²) in [6, 6.07) is 6.33. The summed E-state index contributed by atoms with van der Waals surface area (Å²) in [5.74, 6) is -0.944. The van der Waals surface area contributed by atoms with E-state index in [1.54, 1.807) is 19.2 Å². The van der Waals surface area contributed by atoms with E-state index in [0.717, 1.165) is 37.0 Å². The first-order valence-corrected chi connectivity index (χ1v) is 8.85. The molecule has 0 bridgehead atoms. The SMILES string of the molecule is COc1ccc(C[C@H](N)C(=O)O)cc1.NCC1(CC(=O)O)CCCCC1. The van der Waals surface area contributed by atoms with Crippen LogP contribution in [0.3, 0.4) is 0 Å². The monoisotopic (exact) mass is 366 g/mol. The van der Waals surface area contributed by atoms with Gasteiger partial charge in [0.1, 0.15) is 11.8 Å². The Balaban J connectivity index is 0.000000263. The van der Waals surface area contributed by atoms with E-state index in [0.29, 0.717) is 13.0 Å². The van der Waals surface area contributed by atoms with Crippen molar-refractivity contribution in [2.75, 3.05) is 13.7 Å². The molecule has 0 aromatic heterocycles. The highest BCUT2D eigenvalue weighted by atomic mass is 16.5. The van der Waals surface area contributed by atoms with Crippen molar-refractivity contribution >= 4 is 11.9 Å². The quantitative estimate of drug-likeness (QED) is 0.579. The maximum Gasteiger partial charge on any atom is 0.320 e. The number of hydrogen-bond acceptors (Lipinski definition) is 5. The highest BCUT2D eigenvalue weighted by Crippen LogP contribution is 2.38. The molecule has 1 aliphatic rings. The van der Waals surface area contributed by atoms with E-state index >= 15 is 0 Å². The fourth-order valence-corrected chi connectivity index (χ4v) is 3.18. The summed E-state index contributed by atoms with van der Waals surface area (Å²) in [5.41, 5.74) is 11.8. The van der Waals surface area contributed by atoms with Crippen molar-refractivity contribution in [3.8, 4) is 5.75 Å². The van der Waals surface area contributed by atoms with Crippen molar-refractivity contribution in [2.45, 2.75) is 51.0 Å². The van der Waals surface area contributed by atoms with Crippen LogP contribution in [0.15, 0.2) is 24.3 Å². The average Bonchev–Trinajstić information content (AvgIpc) is 2.63. The van der Waals surface area contributed by atoms with Crippen molar-refractivity contribution < 1.29 is 24.5 Å². The molecular formula is C19H30N2O5. The lowest BCUT2D eigenvalue weighted by molar-refractivity contribution is -0.140. The number of ether oxygens (including phenoxy) is 1. The number of rotatable bonds is 7. The van der Waals surface area contributed by atoms with E-state index in [9.17, 15) is 9.59 Å². The van der Waals surface area contributed by atoms with Crippen LogP contribution in [0.4, 0.5) is 0 Å². The van der Waals surface area contributed by atoms with E-state index in [1.165, 1.54) is 6.42 Å². The number of aliphatic carboxylic acids is 2. The number of hydrogen-bond donors (Lipinski definition) is 4. The minimum atomic E-state index is -0.985. The summed E-state index contributed by atoms with van der Waals surface area (Å²) in [5, 5.41) is 17.3. The molecule has 7 heteroatoms. The molecule has 1 aromatic rings. The van der Waals surface area contributed by atoms with Crippen LogP contribution in [0.5, 0.6) is 5.75 Å². The van der Waals surface area contributed by atoms with E-state index in [4.69, 9.17) is 26.4 Å². The Kier molecular flexibility index (Phi) is 9.09. The topological polar surface area (TPSA) is 136 Å². The van der Waals surface area contributed by atoms with E-state index in [-0.39, 0.29) is 11.8 Å². The third-order valence-corrected chi connectivity index (χ3v) is 4.81. The smallest absolute Gasteiger partial charge is 0.320 e. The third kappa shape index (κ3) is 7.41. The number of carbonyl (C=O) groups is 2. The molecule has 7 nitrogen and oxygen atoms in total. The van der Waals surface area contributed by atoms with Gasteiger partial charge in [-0.25, -0.2) is 0 Å². The summed E-state index contributed by atoms with van der Waals surface area (Å²) < 4.78 is 4.97.